The van der Waals surface area contributed by atoms with Crippen LogP contribution in [0.25, 0.3) is 22.5 Å². The van der Waals surface area contributed by atoms with Gasteiger partial charge < -0.3 is 9.73 Å². The molecule has 4 heteroatoms. The second-order valence-electron chi connectivity index (χ2n) is 4.95. The Hall–Kier alpha value is -2.75. The summed E-state index contributed by atoms with van der Waals surface area (Å²) in [6, 6.07) is 17.9. The highest BCUT2D eigenvalue weighted by atomic mass is 16.5. The molecule has 2 aromatic carbocycles. The van der Waals surface area contributed by atoms with E-state index in [1.54, 1.807) is 7.05 Å². The molecule has 3 aromatic rings. The van der Waals surface area contributed by atoms with Gasteiger partial charge in [0.2, 0.25) is 5.49 Å². The molecule has 1 N–H and O–H groups in total. The number of nitrogens with zero attached hydrogens (tertiary/aromatic N) is 2. The topological polar surface area (TPSA) is 50.7 Å². The summed E-state index contributed by atoms with van der Waals surface area (Å²) in [6.45, 7) is 2.04. The van der Waals surface area contributed by atoms with Crippen LogP contribution in [0, 0.1) is 6.92 Å². The molecular formula is C17H16N2O2. The molecule has 3 rings (SSSR count). The number of aryl methyl sites for hydroxylation is 2. The van der Waals surface area contributed by atoms with Crippen molar-refractivity contribution in [1.29, 1.82) is 0 Å². The molecule has 0 spiro atoms. The van der Waals surface area contributed by atoms with E-state index in [9.17, 15) is 5.21 Å². The summed E-state index contributed by atoms with van der Waals surface area (Å²) in [4.78, 5) is 0. The van der Waals surface area contributed by atoms with Crippen LogP contribution in [0.2, 0.25) is 0 Å². The van der Waals surface area contributed by atoms with Gasteiger partial charge in [-0.15, -0.1) is 0 Å². The molecule has 0 aliphatic rings. The number of hydrogen-bond donors (Lipinski definition) is 1. The van der Waals surface area contributed by atoms with Gasteiger partial charge >= 0.3 is 0 Å². The highest BCUT2D eigenvalue weighted by molar-refractivity contribution is 5.78. The Labute approximate surface area is 122 Å². The average Bonchev–Trinajstić information content (AvgIpc) is 2.85. The quantitative estimate of drug-likeness (QED) is 0.576. The fourth-order valence-corrected chi connectivity index (χ4v) is 2.36. The lowest BCUT2D eigenvalue weighted by Gasteiger charge is -2.02. The summed E-state index contributed by atoms with van der Waals surface area (Å²) >= 11 is 0. The van der Waals surface area contributed by atoms with Crippen LogP contribution in [0.15, 0.2) is 64.3 Å². The molecule has 0 amide bonds. The summed E-state index contributed by atoms with van der Waals surface area (Å²) in [5.41, 5.74) is 4.26. The SMILES string of the molecule is Cc1ccc(-c2c(-c3ccccc3)on(C)c2=NO)cc1. The second kappa shape index (κ2) is 5.32. The Morgan fingerprint density at radius 1 is 0.952 bits per heavy atom. The molecular weight excluding hydrogens is 264 g/mol. The summed E-state index contributed by atoms with van der Waals surface area (Å²) < 4.78 is 7.24. The van der Waals surface area contributed by atoms with Gasteiger partial charge in [-0.2, -0.15) is 4.74 Å². The summed E-state index contributed by atoms with van der Waals surface area (Å²) in [6.07, 6.45) is 0. The zero-order valence-corrected chi connectivity index (χ0v) is 11.9. The molecule has 1 heterocycles. The van der Waals surface area contributed by atoms with Crippen molar-refractivity contribution in [2.45, 2.75) is 6.92 Å². The van der Waals surface area contributed by atoms with E-state index < -0.39 is 0 Å². The molecule has 0 aliphatic carbocycles. The maximum absolute atomic E-state index is 9.32. The van der Waals surface area contributed by atoms with E-state index in [0.29, 0.717) is 11.2 Å². The van der Waals surface area contributed by atoms with E-state index in [0.717, 1.165) is 16.7 Å². The van der Waals surface area contributed by atoms with Crippen molar-refractivity contribution in [1.82, 2.24) is 4.74 Å². The molecule has 0 saturated heterocycles. The number of benzene rings is 2. The van der Waals surface area contributed by atoms with Gasteiger partial charge in [0.15, 0.2) is 5.76 Å². The molecule has 0 fully saturated rings. The van der Waals surface area contributed by atoms with Gasteiger partial charge in [0.05, 0.1) is 5.56 Å². The minimum Gasteiger partial charge on any atom is -0.409 e. The zero-order chi connectivity index (χ0) is 14.8. The molecule has 1 aromatic heterocycles. The molecule has 0 saturated carbocycles. The lowest BCUT2D eigenvalue weighted by atomic mass is 10.0. The van der Waals surface area contributed by atoms with Gasteiger partial charge in [0, 0.05) is 12.6 Å². The van der Waals surface area contributed by atoms with Crippen LogP contribution in [0.3, 0.4) is 0 Å². The molecule has 106 valence electrons. The standard InChI is InChI=1S/C17H16N2O2/c1-12-8-10-13(11-9-12)15-16(14-6-4-3-5-7-14)21-19(2)17(15)18-20/h3-11,20H,1-2H3. The molecule has 0 bridgehead atoms. The third-order valence-electron chi connectivity index (χ3n) is 3.45. The van der Waals surface area contributed by atoms with Crippen LogP contribution in [-0.4, -0.2) is 9.95 Å². The summed E-state index contributed by atoms with van der Waals surface area (Å²) in [5, 5.41) is 12.7. The van der Waals surface area contributed by atoms with Gasteiger partial charge in [-0.25, -0.2) is 0 Å². The molecule has 0 atom stereocenters. The Morgan fingerprint density at radius 3 is 2.24 bits per heavy atom. The molecule has 0 aliphatic heterocycles. The highest BCUT2D eigenvalue weighted by Gasteiger charge is 2.17. The fourth-order valence-electron chi connectivity index (χ4n) is 2.36. The first-order valence-electron chi connectivity index (χ1n) is 6.71. The van der Waals surface area contributed by atoms with Crippen LogP contribution >= 0.6 is 0 Å². The Balaban J connectivity index is 2.30. The first-order chi connectivity index (χ1) is 10.2. The van der Waals surface area contributed by atoms with Crippen LogP contribution in [0.4, 0.5) is 0 Å². The van der Waals surface area contributed by atoms with Crippen molar-refractivity contribution >= 4 is 0 Å². The first kappa shape index (κ1) is 13.2. The number of hydrogen-bond acceptors (Lipinski definition) is 3. The van der Waals surface area contributed by atoms with E-state index in [-0.39, 0.29) is 0 Å². The Morgan fingerprint density at radius 2 is 1.62 bits per heavy atom. The molecule has 4 nitrogen and oxygen atoms in total. The summed E-state index contributed by atoms with van der Waals surface area (Å²) in [5.74, 6) is 0.690. The van der Waals surface area contributed by atoms with Gasteiger partial charge in [0.25, 0.3) is 0 Å². The molecule has 0 radical (unpaired) electrons. The number of rotatable bonds is 2. The third-order valence-corrected chi connectivity index (χ3v) is 3.45. The Kier molecular flexibility index (Phi) is 3.36. The van der Waals surface area contributed by atoms with Crippen LogP contribution in [0.5, 0.6) is 0 Å². The molecule has 0 unspecified atom stereocenters. The number of aromatic nitrogens is 1. The minimum atomic E-state index is 0.401. The van der Waals surface area contributed by atoms with Gasteiger partial charge in [-0.05, 0) is 12.5 Å². The second-order valence-corrected chi connectivity index (χ2v) is 4.95. The zero-order valence-electron chi connectivity index (χ0n) is 11.9. The monoisotopic (exact) mass is 280 g/mol. The lowest BCUT2D eigenvalue weighted by molar-refractivity contribution is 0.258. The largest absolute Gasteiger partial charge is 0.409 e. The predicted molar refractivity (Wildman–Crippen MR) is 80.6 cm³/mol. The smallest absolute Gasteiger partial charge is 0.213 e. The van der Waals surface area contributed by atoms with Gasteiger partial charge in [0.1, 0.15) is 0 Å². The van der Waals surface area contributed by atoms with Crippen molar-refractivity contribution in [2.75, 3.05) is 0 Å². The van der Waals surface area contributed by atoms with E-state index in [1.165, 1.54) is 10.3 Å². The van der Waals surface area contributed by atoms with E-state index in [1.807, 2.05) is 61.5 Å². The van der Waals surface area contributed by atoms with Crippen molar-refractivity contribution in [3.05, 3.63) is 65.6 Å². The van der Waals surface area contributed by atoms with E-state index in [2.05, 4.69) is 5.16 Å². The van der Waals surface area contributed by atoms with E-state index in [4.69, 9.17) is 4.52 Å². The first-order valence-corrected chi connectivity index (χ1v) is 6.71. The van der Waals surface area contributed by atoms with Gasteiger partial charge in [-0.3, -0.25) is 0 Å². The summed E-state index contributed by atoms with van der Waals surface area (Å²) in [7, 11) is 1.72. The van der Waals surface area contributed by atoms with E-state index >= 15 is 0 Å². The lowest BCUT2D eigenvalue weighted by Crippen LogP contribution is -2.14. The maximum Gasteiger partial charge on any atom is 0.213 e. The normalized spacial score (nSPS) is 11.8. The average molecular weight is 280 g/mol. The molecule has 21 heavy (non-hydrogen) atoms. The van der Waals surface area contributed by atoms with Crippen molar-refractivity contribution in [2.24, 2.45) is 12.2 Å². The minimum absolute atomic E-state index is 0.401. The Bertz CT molecular complexity index is 812. The maximum atomic E-state index is 9.32. The van der Waals surface area contributed by atoms with Crippen LogP contribution in [0.1, 0.15) is 5.56 Å². The van der Waals surface area contributed by atoms with Gasteiger partial charge in [-0.1, -0.05) is 65.3 Å². The van der Waals surface area contributed by atoms with Crippen molar-refractivity contribution in [3.63, 3.8) is 0 Å². The fraction of sp³-hybridized carbons (Fsp3) is 0.118. The van der Waals surface area contributed by atoms with Crippen molar-refractivity contribution < 1.29 is 9.73 Å². The van der Waals surface area contributed by atoms with Crippen LogP contribution < -0.4 is 5.49 Å². The highest BCUT2D eigenvalue weighted by Crippen LogP contribution is 2.30. The predicted octanol–water partition coefficient (Wildman–Crippen LogP) is 3.55. The third kappa shape index (κ3) is 2.36. The van der Waals surface area contributed by atoms with Crippen LogP contribution in [-0.2, 0) is 7.05 Å². The van der Waals surface area contributed by atoms with Crippen molar-refractivity contribution in [3.8, 4) is 22.5 Å².